The SMILES string of the molecule is O=C(NCc1ccc(C(=O)N2CCCCC2)cc1)C1CC2CCCCC2N1. The number of nitrogens with zero attached hydrogens (tertiary/aromatic N) is 1. The van der Waals surface area contributed by atoms with Gasteiger partial charge in [-0.05, 0) is 62.1 Å². The van der Waals surface area contributed by atoms with Gasteiger partial charge in [0.15, 0.2) is 0 Å². The van der Waals surface area contributed by atoms with Gasteiger partial charge in [-0.15, -0.1) is 0 Å². The lowest BCUT2D eigenvalue weighted by Gasteiger charge is -2.26. The third-order valence-corrected chi connectivity index (χ3v) is 6.49. The van der Waals surface area contributed by atoms with Crippen LogP contribution in [0.3, 0.4) is 0 Å². The largest absolute Gasteiger partial charge is 0.351 e. The number of amides is 2. The lowest BCUT2D eigenvalue weighted by molar-refractivity contribution is -0.123. The quantitative estimate of drug-likeness (QED) is 0.858. The average Bonchev–Trinajstić information content (AvgIpc) is 3.17. The Morgan fingerprint density at radius 1 is 1.00 bits per heavy atom. The van der Waals surface area contributed by atoms with Gasteiger partial charge in [-0.3, -0.25) is 9.59 Å². The Bertz CT molecular complexity index is 653. The Morgan fingerprint density at radius 2 is 1.74 bits per heavy atom. The van der Waals surface area contributed by atoms with Crippen molar-refractivity contribution in [1.82, 2.24) is 15.5 Å². The standard InChI is InChI=1S/C22H31N3O2/c26-21(20-14-18-6-2-3-7-19(18)24-20)23-15-16-8-10-17(11-9-16)22(27)25-12-4-1-5-13-25/h8-11,18-20,24H,1-7,12-15H2,(H,23,26). The molecule has 2 aliphatic heterocycles. The van der Waals surface area contributed by atoms with Crippen molar-refractivity contribution in [1.29, 1.82) is 0 Å². The van der Waals surface area contributed by atoms with Crippen LogP contribution in [0.1, 0.15) is 67.3 Å². The van der Waals surface area contributed by atoms with Crippen LogP contribution in [-0.2, 0) is 11.3 Å². The van der Waals surface area contributed by atoms with E-state index in [1.54, 1.807) is 0 Å². The summed E-state index contributed by atoms with van der Waals surface area (Å²) in [6.45, 7) is 2.25. The number of carbonyl (C=O) groups excluding carboxylic acids is 2. The molecule has 0 radical (unpaired) electrons. The molecule has 1 saturated carbocycles. The van der Waals surface area contributed by atoms with E-state index in [1.165, 1.54) is 32.1 Å². The second-order valence-corrected chi connectivity index (χ2v) is 8.37. The number of rotatable bonds is 4. The number of hydrogen-bond donors (Lipinski definition) is 2. The van der Waals surface area contributed by atoms with Crippen LogP contribution in [0.15, 0.2) is 24.3 Å². The Balaban J connectivity index is 1.27. The highest BCUT2D eigenvalue weighted by Crippen LogP contribution is 2.33. The smallest absolute Gasteiger partial charge is 0.253 e. The van der Waals surface area contributed by atoms with Gasteiger partial charge >= 0.3 is 0 Å². The summed E-state index contributed by atoms with van der Waals surface area (Å²) >= 11 is 0. The highest BCUT2D eigenvalue weighted by molar-refractivity contribution is 5.94. The summed E-state index contributed by atoms with van der Waals surface area (Å²) in [7, 11) is 0. The summed E-state index contributed by atoms with van der Waals surface area (Å²) in [6.07, 6.45) is 9.46. The molecule has 2 N–H and O–H groups in total. The zero-order chi connectivity index (χ0) is 18.6. The first-order chi connectivity index (χ1) is 13.2. The molecule has 2 amide bonds. The Kier molecular flexibility index (Phi) is 5.77. The molecule has 2 saturated heterocycles. The highest BCUT2D eigenvalue weighted by atomic mass is 16.2. The van der Waals surface area contributed by atoms with Crippen molar-refractivity contribution in [2.24, 2.45) is 5.92 Å². The zero-order valence-corrected chi connectivity index (χ0v) is 16.1. The van der Waals surface area contributed by atoms with E-state index in [4.69, 9.17) is 0 Å². The Hall–Kier alpha value is -1.88. The van der Waals surface area contributed by atoms with Crippen LogP contribution in [0, 0.1) is 5.92 Å². The molecule has 0 bridgehead atoms. The van der Waals surface area contributed by atoms with Crippen molar-refractivity contribution in [2.75, 3.05) is 13.1 Å². The summed E-state index contributed by atoms with van der Waals surface area (Å²) in [4.78, 5) is 27.0. The summed E-state index contributed by atoms with van der Waals surface area (Å²) in [5.74, 6) is 0.912. The van der Waals surface area contributed by atoms with Crippen molar-refractivity contribution in [3.63, 3.8) is 0 Å². The molecule has 0 spiro atoms. The minimum Gasteiger partial charge on any atom is -0.351 e. The van der Waals surface area contributed by atoms with E-state index < -0.39 is 0 Å². The fourth-order valence-corrected chi connectivity index (χ4v) is 4.88. The molecule has 0 aromatic heterocycles. The number of nitrogens with one attached hydrogen (secondary N) is 2. The van der Waals surface area contributed by atoms with Gasteiger partial charge in [-0.25, -0.2) is 0 Å². The maximum absolute atomic E-state index is 12.5. The van der Waals surface area contributed by atoms with Crippen molar-refractivity contribution < 1.29 is 9.59 Å². The fourth-order valence-electron chi connectivity index (χ4n) is 4.88. The molecular formula is C22H31N3O2. The number of carbonyl (C=O) groups is 2. The van der Waals surface area contributed by atoms with Gasteiger partial charge in [0, 0.05) is 31.2 Å². The van der Waals surface area contributed by atoms with Gasteiger partial charge in [0.2, 0.25) is 5.91 Å². The van der Waals surface area contributed by atoms with Crippen molar-refractivity contribution >= 4 is 11.8 Å². The molecule has 1 aromatic rings. The topological polar surface area (TPSA) is 61.4 Å². The molecule has 3 fully saturated rings. The molecule has 4 rings (SSSR count). The van der Waals surface area contributed by atoms with Crippen molar-refractivity contribution in [3.05, 3.63) is 35.4 Å². The van der Waals surface area contributed by atoms with Gasteiger partial charge in [0.05, 0.1) is 6.04 Å². The molecule has 3 atom stereocenters. The van der Waals surface area contributed by atoms with Crippen LogP contribution in [0.2, 0.25) is 0 Å². The second kappa shape index (κ2) is 8.42. The first-order valence-electron chi connectivity index (χ1n) is 10.6. The Labute approximate surface area is 161 Å². The molecule has 3 aliphatic rings. The fraction of sp³-hybridized carbons (Fsp3) is 0.636. The summed E-state index contributed by atoms with van der Waals surface area (Å²) in [5, 5.41) is 6.59. The molecule has 1 aromatic carbocycles. The molecule has 5 nitrogen and oxygen atoms in total. The van der Waals surface area contributed by atoms with E-state index in [0.717, 1.165) is 43.5 Å². The van der Waals surface area contributed by atoms with Crippen molar-refractivity contribution in [3.8, 4) is 0 Å². The minimum atomic E-state index is -0.0435. The summed E-state index contributed by atoms with van der Waals surface area (Å²) in [5.41, 5.74) is 1.78. The monoisotopic (exact) mass is 369 g/mol. The molecule has 146 valence electrons. The molecular weight excluding hydrogens is 338 g/mol. The number of fused-ring (bicyclic) bond motifs is 1. The highest BCUT2D eigenvalue weighted by Gasteiger charge is 2.37. The van der Waals surface area contributed by atoms with Crippen LogP contribution in [0.4, 0.5) is 0 Å². The maximum Gasteiger partial charge on any atom is 0.253 e. The summed E-state index contributed by atoms with van der Waals surface area (Å²) in [6, 6.07) is 8.19. The van der Waals surface area contributed by atoms with E-state index in [9.17, 15) is 9.59 Å². The van der Waals surface area contributed by atoms with Crippen LogP contribution in [-0.4, -0.2) is 41.9 Å². The lowest BCUT2D eigenvalue weighted by Crippen LogP contribution is -2.42. The third-order valence-electron chi connectivity index (χ3n) is 6.49. The molecule has 1 aliphatic carbocycles. The van der Waals surface area contributed by atoms with E-state index >= 15 is 0 Å². The normalized spacial score (nSPS) is 27.9. The van der Waals surface area contributed by atoms with Crippen molar-refractivity contribution in [2.45, 2.75) is 70.0 Å². The van der Waals surface area contributed by atoms with E-state index in [1.807, 2.05) is 29.2 Å². The first kappa shape index (κ1) is 18.5. The third kappa shape index (κ3) is 4.34. The number of likely N-dealkylation sites (tertiary alicyclic amines) is 1. The number of benzene rings is 1. The predicted octanol–water partition coefficient (Wildman–Crippen LogP) is 2.85. The van der Waals surface area contributed by atoms with E-state index in [2.05, 4.69) is 10.6 Å². The van der Waals surface area contributed by atoms with Gasteiger partial charge in [0.1, 0.15) is 0 Å². The molecule has 2 heterocycles. The lowest BCUT2D eigenvalue weighted by atomic mass is 9.85. The van der Waals surface area contributed by atoms with E-state index in [0.29, 0.717) is 18.5 Å². The molecule has 27 heavy (non-hydrogen) atoms. The average molecular weight is 370 g/mol. The number of piperidine rings is 1. The van der Waals surface area contributed by atoms with Crippen LogP contribution in [0.25, 0.3) is 0 Å². The van der Waals surface area contributed by atoms with Gasteiger partial charge in [-0.2, -0.15) is 0 Å². The first-order valence-corrected chi connectivity index (χ1v) is 10.6. The minimum absolute atomic E-state index is 0.0435. The maximum atomic E-state index is 12.5. The number of hydrogen-bond acceptors (Lipinski definition) is 3. The van der Waals surface area contributed by atoms with Gasteiger partial charge in [-0.1, -0.05) is 25.0 Å². The van der Waals surface area contributed by atoms with E-state index in [-0.39, 0.29) is 17.9 Å². The Morgan fingerprint density at radius 3 is 2.48 bits per heavy atom. The molecule has 5 heteroatoms. The predicted molar refractivity (Wildman–Crippen MR) is 105 cm³/mol. The van der Waals surface area contributed by atoms with Crippen LogP contribution >= 0.6 is 0 Å². The van der Waals surface area contributed by atoms with Crippen LogP contribution < -0.4 is 10.6 Å². The van der Waals surface area contributed by atoms with Gasteiger partial charge in [0.25, 0.3) is 5.91 Å². The van der Waals surface area contributed by atoms with Gasteiger partial charge < -0.3 is 15.5 Å². The van der Waals surface area contributed by atoms with Crippen LogP contribution in [0.5, 0.6) is 0 Å². The second-order valence-electron chi connectivity index (χ2n) is 8.37. The zero-order valence-electron chi connectivity index (χ0n) is 16.1. The summed E-state index contributed by atoms with van der Waals surface area (Å²) < 4.78 is 0. The molecule has 3 unspecified atom stereocenters.